The van der Waals surface area contributed by atoms with Crippen LogP contribution in [0.25, 0.3) is 0 Å². The van der Waals surface area contributed by atoms with Crippen molar-refractivity contribution in [1.82, 2.24) is 0 Å². The number of aliphatic hydroxyl groups excluding tert-OH is 1. The van der Waals surface area contributed by atoms with Gasteiger partial charge in [-0.15, -0.1) is 0 Å². The SMILES string of the molecule is N#Cc1ccccc1NC(=O)CO. The summed E-state index contributed by atoms with van der Waals surface area (Å²) in [5, 5.41) is 19.5. The molecule has 1 aromatic carbocycles. The fourth-order valence-corrected chi connectivity index (χ4v) is 0.879. The third kappa shape index (κ3) is 2.29. The van der Waals surface area contributed by atoms with E-state index in [0.717, 1.165) is 0 Å². The summed E-state index contributed by atoms with van der Waals surface area (Å²) < 4.78 is 0. The zero-order valence-electron chi connectivity index (χ0n) is 6.82. The maximum absolute atomic E-state index is 10.8. The van der Waals surface area contributed by atoms with Crippen molar-refractivity contribution in [2.45, 2.75) is 0 Å². The standard InChI is InChI=1S/C9H8N2O2/c10-5-7-3-1-2-4-8(7)11-9(13)6-12/h1-4,12H,6H2,(H,11,13). The molecule has 1 aromatic rings. The number of hydrogen-bond donors (Lipinski definition) is 2. The first-order valence-corrected chi connectivity index (χ1v) is 3.67. The van der Waals surface area contributed by atoms with Crippen molar-refractivity contribution < 1.29 is 9.90 Å². The highest BCUT2D eigenvalue weighted by Gasteiger charge is 2.03. The number of para-hydroxylation sites is 1. The van der Waals surface area contributed by atoms with Crippen molar-refractivity contribution in [1.29, 1.82) is 5.26 Å². The average molecular weight is 176 g/mol. The fraction of sp³-hybridized carbons (Fsp3) is 0.111. The molecule has 0 fully saturated rings. The molecule has 0 unspecified atom stereocenters. The van der Waals surface area contributed by atoms with Crippen molar-refractivity contribution in [3.8, 4) is 6.07 Å². The van der Waals surface area contributed by atoms with E-state index in [4.69, 9.17) is 10.4 Å². The van der Waals surface area contributed by atoms with Crippen molar-refractivity contribution >= 4 is 11.6 Å². The Kier molecular flexibility index (Phi) is 3.01. The van der Waals surface area contributed by atoms with Crippen LogP contribution in [0.15, 0.2) is 24.3 Å². The summed E-state index contributed by atoms with van der Waals surface area (Å²) >= 11 is 0. The van der Waals surface area contributed by atoms with Gasteiger partial charge in [0.1, 0.15) is 12.7 Å². The fourth-order valence-electron chi connectivity index (χ4n) is 0.879. The van der Waals surface area contributed by atoms with Gasteiger partial charge in [-0.2, -0.15) is 5.26 Å². The third-order valence-electron chi connectivity index (χ3n) is 1.47. The third-order valence-corrected chi connectivity index (χ3v) is 1.47. The van der Waals surface area contributed by atoms with Gasteiger partial charge < -0.3 is 10.4 Å². The number of anilines is 1. The highest BCUT2D eigenvalue weighted by molar-refractivity contribution is 5.92. The Morgan fingerprint density at radius 3 is 2.85 bits per heavy atom. The smallest absolute Gasteiger partial charge is 0.250 e. The molecule has 0 bridgehead atoms. The summed E-state index contributed by atoms with van der Waals surface area (Å²) in [5.74, 6) is -0.525. The molecule has 0 aromatic heterocycles. The van der Waals surface area contributed by atoms with Gasteiger partial charge in [-0.1, -0.05) is 12.1 Å². The second kappa shape index (κ2) is 4.24. The highest BCUT2D eigenvalue weighted by Crippen LogP contribution is 2.12. The number of carbonyl (C=O) groups is 1. The zero-order valence-corrected chi connectivity index (χ0v) is 6.82. The first-order chi connectivity index (χ1) is 6.27. The molecule has 66 valence electrons. The lowest BCUT2D eigenvalue weighted by atomic mass is 10.2. The lowest BCUT2D eigenvalue weighted by Crippen LogP contribution is -2.16. The van der Waals surface area contributed by atoms with Gasteiger partial charge in [0.15, 0.2) is 0 Å². The van der Waals surface area contributed by atoms with E-state index >= 15 is 0 Å². The largest absolute Gasteiger partial charge is 0.387 e. The van der Waals surface area contributed by atoms with E-state index in [2.05, 4.69) is 5.32 Å². The Balaban J connectivity index is 2.89. The van der Waals surface area contributed by atoms with Gasteiger partial charge in [0.05, 0.1) is 11.3 Å². The first-order valence-electron chi connectivity index (χ1n) is 3.67. The van der Waals surface area contributed by atoms with Gasteiger partial charge in [-0.05, 0) is 12.1 Å². The Hall–Kier alpha value is -1.86. The molecule has 1 amide bonds. The Morgan fingerprint density at radius 1 is 1.54 bits per heavy atom. The quantitative estimate of drug-likeness (QED) is 0.688. The number of benzene rings is 1. The highest BCUT2D eigenvalue weighted by atomic mass is 16.3. The molecule has 0 atom stereocenters. The minimum atomic E-state index is -0.584. The number of nitriles is 1. The van der Waals surface area contributed by atoms with Crippen molar-refractivity contribution in [3.63, 3.8) is 0 Å². The predicted molar refractivity (Wildman–Crippen MR) is 46.9 cm³/mol. The first kappa shape index (κ1) is 9.23. The van der Waals surface area contributed by atoms with E-state index in [9.17, 15) is 4.79 Å². The molecular formula is C9H8N2O2. The second-order valence-corrected chi connectivity index (χ2v) is 2.36. The van der Waals surface area contributed by atoms with Crippen LogP contribution in [0, 0.1) is 11.3 Å². The molecule has 1 rings (SSSR count). The summed E-state index contributed by atoms with van der Waals surface area (Å²) in [4.78, 5) is 10.8. The Bertz CT molecular complexity index is 355. The molecule has 0 heterocycles. The van der Waals surface area contributed by atoms with Crippen LogP contribution in [-0.2, 0) is 4.79 Å². The summed E-state index contributed by atoms with van der Waals surface area (Å²) in [7, 11) is 0. The summed E-state index contributed by atoms with van der Waals surface area (Å²) in [5.41, 5.74) is 0.799. The van der Waals surface area contributed by atoms with Crippen molar-refractivity contribution in [2.24, 2.45) is 0 Å². The molecule has 0 aliphatic carbocycles. The Labute approximate surface area is 75.4 Å². The number of nitrogens with one attached hydrogen (secondary N) is 1. The maximum atomic E-state index is 10.8. The molecule has 2 N–H and O–H groups in total. The van der Waals surface area contributed by atoms with Crippen LogP contribution < -0.4 is 5.32 Å². The molecule has 4 heteroatoms. The molecule has 4 nitrogen and oxygen atoms in total. The average Bonchev–Trinajstić information content (AvgIpc) is 2.18. The van der Waals surface area contributed by atoms with Crippen LogP contribution in [-0.4, -0.2) is 17.6 Å². The van der Waals surface area contributed by atoms with Crippen LogP contribution in [0.1, 0.15) is 5.56 Å². The van der Waals surface area contributed by atoms with Gasteiger partial charge in [0.25, 0.3) is 0 Å². The summed E-state index contributed by atoms with van der Waals surface area (Å²) in [6.07, 6.45) is 0. The van der Waals surface area contributed by atoms with E-state index in [0.29, 0.717) is 11.3 Å². The number of rotatable bonds is 2. The minimum absolute atomic E-state index is 0.379. The van der Waals surface area contributed by atoms with Crippen LogP contribution in [0.2, 0.25) is 0 Å². The molecule has 0 saturated carbocycles. The van der Waals surface area contributed by atoms with Crippen LogP contribution >= 0.6 is 0 Å². The van der Waals surface area contributed by atoms with Crippen LogP contribution in [0.5, 0.6) is 0 Å². The topological polar surface area (TPSA) is 73.1 Å². The molecule has 0 aliphatic rings. The molecule has 0 spiro atoms. The molecule has 0 aliphatic heterocycles. The van der Waals surface area contributed by atoms with Crippen LogP contribution in [0.4, 0.5) is 5.69 Å². The van der Waals surface area contributed by atoms with Gasteiger partial charge >= 0.3 is 0 Å². The molecule has 0 radical (unpaired) electrons. The Morgan fingerprint density at radius 2 is 2.23 bits per heavy atom. The number of carbonyl (C=O) groups excluding carboxylic acids is 1. The summed E-state index contributed by atoms with van der Waals surface area (Å²) in [6.45, 7) is -0.584. The normalized spacial score (nSPS) is 8.92. The van der Waals surface area contributed by atoms with Gasteiger partial charge in [0.2, 0.25) is 5.91 Å². The van der Waals surface area contributed by atoms with Gasteiger partial charge in [-0.25, -0.2) is 0 Å². The maximum Gasteiger partial charge on any atom is 0.250 e. The number of aliphatic hydroxyl groups is 1. The van der Waals surface area contributed by atoms with E-state index in [-0.39, 0.29) is 0 Å². The predicted octanol–water partition coefficient (Wildman–Crippen LogP) is 0.489. The molecular weight excluding hydrogens is 168 g/mol. The van der Waals surface area contributed by atoms with E-state index in [1.807, 2.05) is 6.07 Å². The number of nitrogens with zero attached hydrogens (tertiary/aromatic N) is 1. The molecule has 0 saturated heterocycles. The molecule has 13 heavy (non-hydrogen) atoms. The number of amides is 1. The number of hydrogen-bond acceptors (Lipinski definition) is 3. The van der Waals surface area contributed by atoms with E-state index in [1.54, 1.807) is 24.3 Å². The lowest BCUT2D eigenvalue weighted by molar-refractivity contribution is -0.118. The second-order valence-electron chi connectivity index (χ2n) is 2.36. The van der Waals surface area contributed by atoms with E-state index in [1.165, 1.54) is 0 Å². The van der Waals surface area contributed by atoms with Crippen molar-refractivity contribution in [3.05, 3.63) is 29.8 Å². The zero-order chi connectivity index (χ0) is 9.68. The summed E-state index contributed by atoms with van der Waals surface area (Å²) in [6, 6.07) is 8.53. The van der Waals surface area contributed by atoms with Crippen LogP contribution in [0.3, 0.4) is 0 Å². The van der Waals surface area contributed by atoms with Crippen molar-refractivity contribution in [2.75, 3.05) is 11.9 Å². The minimum Gasteiger partial charge on any atom is -0.387 e. The lowest BCUT2D eigenvalue weighted by Gasteiger charge is -2.03. The van der Waals surface area contributed by atoms with Gasteiger partial charge in [-0.3, -0.25) is 4.79 Å². The van der Waals surface area contributed by atoms with E-state index < -0.39 is 12.5 Å². The van der Waals surface area contributed by atoms with Gasteiger partial charge in [0, 0.05) is 0 Å². The monoisotopic (exact) mass is 176 g/mol.